The highest BCUT2D eigenvalue weighted by molar-refractivity contribution is 6.32. The van der Waals surface area contributed by atoms with Gasteiger partial charge in [-0.3, -0.25) is 4.79 Å². The highest BCUT2D eigenvalue weighted by Crippen LogP contribution is 2.21. The number of nitrogens with zero attached hydrogens (tertiary/aromatic N) is 4. The van der Waals surface area contributed by atoms with Crippen molar-refractivity contribution in [2.75, 3.05) is 13.1 Å². The summed E-state index contributed by atoms with van der Waals surface area (Å²) >= 11 is 6.20. The molecular formula is C16H19ClN4O. The van der Waals surface area contributed by atoms with E-state index in [-0.39, 0.29) is 11.7 Å². The normalized spacial score (nSPS) is 18.5. The summed E-state index contributed by atoms with van der Waals surface area (Å²) in [6.07, 6.45) is 2.21. The molecule has 5 nitrogen and oxygen atoms in total. The average molecular weight is 319 g/mol. The molecule has 0 unspecified atom stereocenters. The number of amides is 1. The Morgan fingerprint density at radius 2 is 2.14 bits per heavy atom. The lowest BCUT2D eigenvalue weighted by Gasteiger charge is -2.29. The first-order chi connectivity index (χ1) is 10.6. The first-order valence-electron chi connectivity index (χ1n) is 7.54. The zero-order valence-corrected chi connectivity index (χ0v) is 13.5. The van der Waals surface area contributed by atoms with Crippen LogP contribution in [0.5, 0.6) is 0 Å². The van der Waals surface area contributed by atoms with Crippen LogP contribution in [0.25, 0.3) is 5.69 Å². The van der Waals surface area contributed by atoms with Gasteiger partial charge in [0.05, 0.1) is 10.7 Å². The number of carbonyl (C=O) groups is 1. The molecule has 0 saturated carbocycles. The number of hydrogen-bond acceptors (Lipinski definition) is 3. The minimum Gasteiger partial charge on any atom is -0.336 e. The van der Waals surface area contributed by atoms with E-state index in [1.165, 1.54) is 6.42 Å². The van der Waals surface area contributed by atoms with Gasteiger partial charge in [0.1, 0.15) is 5.82 Å². The van der Waals surface area contributed by atoms with Gasteiger partial charge in [-0.2, -0.15) is 0 Å². The summed E-state index contributed by atoms with van der Waals surface area (Å²) in [5, 5.41) is 4.96. The van der Waals surface area contributed by atoms with Gasteiger partial charge in [-0.25, -0.2) is 9.67 Å². The fourth-order valence-electron chi connectivity index (χ4n) is 2.85. The molecule has 1 aliphatic rings. The average Bonchev–Trinajstić information content (AvgIpc) is 2.89. The van der Waals surface area contributed by atoms with Crippen molar-refractivity contribution in [2.24, 2.45) is 5.92 Å². The second kappa shape index (κ2) is 6.08. The Hall–Kier alpha value is -1.88. The Bertz CT molecular complexity index is 697. The Morgan fingerprint density at radius 3 is 2.86 bits per heavy atom. The maximum atomic E-state index is 12.6. The van der Waals surface area contributed by atoms with Crippen molar-refractivity contribution in [3.8, 4) is 5.69 Å². The monoisotopic (exact) mass is 318 g/mol. The molecule has 1 aromatic carbocycles. The van der Waals surface area contributed by atoms with Gasteiger partial charge in [-0.1, -0.05) is 30.7 Å². The molecule has 0 aliphatic carbocycles. The molecule has 0 radical (unpaired) electrons. The number of carbonyl (C=O) groups excluding carboxylic acids is 1. The second-order valence-electron chi connectivity index (χ2n) is 5.84. The fraction of sp³-hybridized carbons (Fsp3) is 0.438. The SMILES string of the molecule is Cc1nc(C(=O)N2CCC[C@@H](C)C2)nn1-c1ccccc1Cl. The van der Waals surface area contributed by atoms with Crippen molar-refractivity contribution in [2.45, 2.75) is 26.7 Å². The van der Waals surface area contributed by atoms with Crippen LogP contribution in [0, 0.1) is 12.8 Å². The summed E-state index contributed by atoms with van der Waals surface area (Å²) in [4.78, 5) is 18.8. The summed E-state index contributed by atoms with van der Waals surface area (Å²) in [6.45, 7) is 5.55. The second-order valence-corrected chi connectivity index (χ2v) is 6.25. The lowest BCUT2D eigenvalue weighted by Crippen LogP contribution is -2.39. The van der Waals surface area contributed by atoms with E-state index in [1.807, 2.05) is 30.0 Å². The summed E-state index contributed by atoms with van der Waals surface area (Å²) in [7, 11) is 0. The minimum atomic E-state index is -0.0968. The molecule has 1 saturated heterocycles. The molecule has 0 bridgehead atoms. The van der Waals surface area contributed by atoms with Crippen molar-refractivity contribution < 1.29 is 4.79 Å². The van der Waals surface area contributed by atoms with E-state index < -0.39 is 0 Å². The highest BCUT2D eigenvalue weighted by Gasteiger charge is 2.25. The molecule has 0 spiro atoms. The lowest BCUT2D eigenvalue weighted by molar-refractivity contribution is 0.0670. The highest BCUT2D eigenvalue weighted by atomic mass is 35.5. The van der Waals surface area contributed by atoms with Crippen LogP contribution < -0.4 is 0 Å². The van der Waals surface area contributed by atoms with Crippen molar-refractivity contribution in [1.82, 2.24) is 19.7 Å². The number of likely N-dealkylation sites (tertiary alicyclic amines) is 1. The van der Waals surface area contributed by atoms with Crippen LogP contribution in [0.3, 0.4) is 0 Å². The van der Waals surface area contributed by atoms with Crippen molar-refractivity contribution in [1.29, 1.82) is 0 Å². The molecule has 2 heterocycles. The Labute approximate surface area is 134 Å². The number of piperidine rings is 1. The van der Waals surface area contributed by atoms with Crippen LogP contribution in [0.4, 0.5) is 0 Å². The van der Waals surface area contributed by atoms with E-state index in [2.05, 4.69) is 17.0 Å². The summed E-state index contributed by atoms with van der Waals surface area (Å²) in [6, 6.07) is 7.41. The summed E-state index contributed by atoms with van der Waals surface area (Å²) in [5.41, 5.74) is 0.736. The number of rotatable bonds is 2. The van der Waals surface area contributed by atoms with Crippen molar-refractivity contribution in [3.05, 3.63) is 40.9 Å². The smallest absolute Gasteiger partial charge is 0.293 e. The standard InChI is InChI=1S/C16H19ClN4O/c1-11-6-5-9-20(10-11)16(22)15-18-12(2)21(19-15)14-8-4-3-7-13(14)17/h3-4,7-8,11H,5-6,9-10H2,1-2H3/t11-/m1/s1. The van der Waals surface area contributed by atoms with Crippen LogP contribution in [0.15, 0.2) is 24.3 Å². The van der Waals surface area contributed by atoms with Gasteiger partial charge in [-0.05, 0) is 37.8 Å². The Kier molecular flexibility index (Phi) is 4.16. The van der Waals surface area contributed by atoms with Crippen LogP contribution >= 0.6 is 11.6 Å². The van der Waals surface area contributed by atoms with E-state index in [1.54, 1.807) is 10.7 Å². The zero-order valence-electron chi connectivity index (χ0n) is 12.8. The number of para-hydroxylation sites is 1. The number of aromatic nitrogens is 3. The third-order valence-electron chi connectivity index (χ3n) is 3.99. The molecule has 1 aliphatic heterocycles. The van der Waals surface area contributed by atoms with E-state index in [9.17, 15) is 4.79 Å². The third-order valence-corrected chi connectivity index (χ3v) is 4.30. The predicted octanol–water partition coefficient (Wildman–Crippen LogP) is 3.10. The number of benzene rings is 1. The van der Waals surface area contributed by atoms with Crippen molar-refractivity contribution in [3.63, 3.8) is 0 Å². The number of halogens is 1. The summed E-state index contributed by atoms with van der Waals surface area (Å²) < 4.78 is 1.63. The van der Waals surface area contributed by atoms with Gasteiger partial charge in [0.2, 0.25) is 5.82 Å². The van der Waals surface area contributed by atoms with Crippen LogP contribution in [0.1, 0.15) is 36.2 Å². The Balaban J connectivity index is 1.89. The van der Waals surface area contributed by atoms with Gasteiger partial charge in [-0.15, -0.1) is 5.10 Å². The Morgan fingerprint density at radius 1 is 1.36 bits per heavy atom. The molecule has 116 valence electrons. The number of hydrogen-bond donors (Lipinski definition) is 0. The van der Waals surface area contributed by atoms with E-state index in [0.717, 1.165) is 25.2 Å². The largest absolute Gasteiger partial charge is 0.336 e. The topological polar surface area (TPSA) is 51.0 Å². The maximum Gasteiger partial charge on any atom is 0.293 e. The van der Waals surface area contributed by atoms with Crippen LogP contribution in [-0.2, 0) is 0 Å². The van der Waals surface area contributed by atoms with Gasteiger partial charge >= 0.3 is 0 Å². The molecule has 3 rings (SSSR count). The van der Waals surface area contributed by atoms with Crippen LogP contribution in [-0.4, -0.2) is 38.7 Å². The molecule has 0 N–H and O–H groups in total. The fourth-order valence-corrected chi connectivity index (χ4v) is 3.06. The molecule has 1 fully saturated rings. The third kappa shape index (κ3) is 2.86. The molecule has 1 atom stereocenters. The molecule has 1 aromatic heterocycles. The predicted molar refractivity (Wildman–Crippen MR) is 85.4 cm³/mol. The van der Waals surface area contributed by atoms with Gasteiger partial charge < -0.3 is 4.90 Å². The van der Waals surface area contributed by atoms with Crippen molar-refractivity contribution >= 4 is 17.5 Å². The molecule has 2 aromatic rings. The molecule has 1 amide bonds. The van der Waals surface area contributed by atoms with E-state index >= 15 is 0 Å². The zero-order chi connectivity index (χ0) is 15.7. The first-order valence-corrected chi connectivity index (χ1v) is 7.92. The molecule has 6 heteroatoms. The lowest BCUT2D eigenvalue weighted by atomic mass is 10.0. The maximum absolute atomic E-state index is 12.6. The quantitative estimate of drug-likeness (QED) is 0.855. The molecular weight excluding hydrogens is 300 g/mol. The summed E-state index contributed by atoms with van der Waals surface area (Å²) in [5.74, 6) is 1.33. The van der Waals surface area contributed by atoms with Gasteiger partial charge in [0, 0.05) is 13.1 Å². The van der Waals surface area contributed by atoms with E-state index in [4.69, 9.17) is 11.6 Å². The molecule has 22 heavy (non-hydrogen) atoms. The van der Waals surface area contributed by atoms with Gasteiger partial charge in [0.15, 0.2) is 0 Å². The number of aryl methyl sites for hydroxylation is 1. The first kappa shape index (κ1) is 15.0. The van der Waals surface area contributed by atoms with Gasteiger partial charge in [0.25, 0.3) is 5.91 Å². The van der Waals surface area contributed by atoms with E-state index in [0.29, 0.717) is 16.8 Å². The van der Waals surface area contributed by atoms with Crippen LogP contribution in [0.2, 0.25) is 5.02 Å². The minimum absolute atomic E-state index is 0.0968.